The first-order valence-electron chi connectivity index (χ1n) is 9.92. The van der Waals surface area contributed by atoms with Crippen molar-refractivity contribution in [2.24, 2.45) is 5.73 Å². The van der Waals surface area contributed by atoms with E-state index in [1.54, 1.807) is 48.5 Å². The van der Waals surface area contributed by atoms with Gasteiger partial charge in [-0.15, -0.1) is 0 Å². The molecule has 2 aromatic carbocycles. The Labute approximate surface area is 195 Å². The summed E-state index contributed by atoms with van der Waals surface area (Å²) in [5.41, 5.74) is 6.76. The van der Waals surface area contributed by atoms with E-state index in [4.69, 9.17) is 31.5 Å². The van der Waals surface area contributed by atoms with E-state index in [9.17, 15) is 9.59 Å². The number of amides is 2. The summed E-state index contributed by atoms with van der Waals surface area (Å²) < 4.78 is 16.4. The molecule has 0 radical (unpaired) electrons. The van der Waals surface area contributed by atoms with Crippen molar-refractivity contribution in [1.82, 2.24) is 4.98 Å². The SMILES string of the molecule is CCOc1cc(/C=C/C(=O)Nc2ccc(Oc3cccc(C(N)=O)c3)nc2)cc(Cl)c1OC. The lowest BCUT2D eigenvalue weighted by molar-refractivity contribution is -0.111. The van der Waals surface area contributed by atoms with Crippen LogP contribution in [0.5, 0.6) is 23.1 Å². The first-order valence-corrected chi connectivity index (χ1v) is 10.3. The molecular weight excluding hydrogens is 446 g/mol. The number of halogens is 1. The van der Waals surface area contributed by atoms with Crippen molar-refractivity contribution in [2.45, 2.75) is 6.92 Å². The molecule has 33 heavy (non-hydrogen) atoms. The third-order valence-corrected chi connectivity index (χ3v) is 4.59. The molecule has 3 N–H and O–H groups in total. The molecule has 0 aliphatic rings. The van der Waals surface area contributed by atoms with E-state index in [1.807, 2.05) is 6.92 Å². The molecule has 0 fully saturated rings. The van der Waals surface area contributed by atoms with Gasteiger partial charge in [-0.05, 0) is 55.0 Å². The number of aromatic nitrogens is 1. The Hall–Kier alpha value is -4.04. The predicted molar refractivity (Wildman–Crippen MR) is 126 cm³/mol. The topological polar surface area (TPSA) is 113 Å². The highest BCUT2D eigenvalue weighted by atomic mass is 35.5. The highest BCUT2D eigenvalue weighted by Crippen LogP contribution is 2.36. The standard InChI is InChI=1S/C24H22ClN3O5/c1-3-32-20-12-15(11-19(25)23(20)31-2)7-9-21(29)28-17-8-10-22(27-14-17)33-18-6-4-5-16(13-18)24(26)30/h4-14H,3H2,1-2H3,(H2,26,30)(H,28,29)/b9-7+. The Kier molecular flexibility index (Phi) is 7.88. The number of carbonyl (C=O) groups is 2. The number of hydrogen-bond donors (Lipinski definition) is 2. The molecule has 0 aliphatic carbocycles. The maximum atomic E-state index is 12.3. The highest BCUT2D eigenvalue weighted by Gasteiger charge is 2.11. The Morgan fingerprint density at radius 3 is 2.67 bits per heavy atom. The molecule has 9 heteroatoms. The lowest BCUT2D eigenvalue weighted by Gasteiger charge is -2.11. The summed E-state index contributed by atoms with van der Waals surface area (Å²) >= 11 is 6.23. The summed E-state index contributed by atoms with van der Waals surface area (Å²) in [5, 5.41) is 3.09. The van der Waals surface area contributed by atoms with Gasteiger partial charge in [0.1, 0.15) is 5.75 Å². The maximum Gasteiger partial charge on any atom is 0.248 e. The van der Waals surface area contributed by atoms with Crippen molar-refractivity contribution in [3.8, 4) is 23.1 Å². The van der Waals surface area contributed by atoms with E-state index in [0.29, 0.717) is 51.6 Å². The minimum Gasteiger partial charge on any atom is -0.491 e. The van der Waals surface area contributed by atoms with Gasteiger partial charge in [0.15, 0.2) is 11.5 Å². The summed E-state index contributed by atoms with van der Waals surface area (Å²) in [6.45, 7) is 2.30. The van der Waals surface area contributed by atoms with Crippen LogP contribution in [0.2, 0.25) is 5.02 Å². The zero-order chi connectivity index (χ0) is 23.8. The third-order valence-electron chi connectivity index (χ3n) is 4.31. The molecule has 0 unspecified atom stereocenters. The molecule has 1 aromatic heterocycles. The minimum atomic E-state index is -0.550. The predicted octanol–water partition coefficient (Wildman–Crippen LogP) is 4.69. The van der Waals surface area contributed by atoms with Gasteiger partial charge in [0.05, 0.1) is 30.6 Å². The molecule has 2 amide bonds. The van der Waals surface area contributed by atoms with E-state index in [1.165, 1.54) is 25.4 Å². The summed E-state index contributed by atoms with van der Waals surface area (Å²) in [4.78, 5) is 27.7. The second kappa shape index (κ2) is 11.0. The Morgan fingerprint density at radius 1 is 1.18 bits per heavy atom. The fraction of sp³-hybridized carbons (Fsp3) is 0.125. The number of carbonyl (C=O) groups excluding carboxylic acids is 2. The largest absolute Gasteiger partial charge is 0.491 e. The third kappa shape index (κ3) is 6.47. The van der Waals surface area contributed by atoms with Gasteiger partial charge in [-0.2, -0.15) is 0 Å². The van der Waals surface area contributed by atoms with Crippen LogP contribution in [0.1, 0.15) is 22.8 Å². The number of methoxy groups -OCH3 is 1. The summed E-state index contributed by atoms with van der Waals surface area (Å²) in [5.74, 6) is 0.739. The number of rotatable bonds is 9. The molecule has 0 bridgehead atoms. The minimum absolute atomic E-state index is 0.293. The number of primary amides is 1. The van der Waals surface area contributed by atoms with Gasteiger partial charge in [-0.3, -0.25) is 9.59 Å². The van der Waals surface area contributed by atoms with Crippen molar-refractivity contribution >= 4 is 35.2 Å². The van der Waals surface area contributed by atoms with Crippen LogP contribution in [0, 0.1) is 0 Å². The Bertz CT molecular complexity index is 1180. The number of nitrogens with one attached hydrogen (secondary N) is 1. The van der Waals surface area contributed by atoms with Gasteiger partial charge >= 0.3 is 0 Å². The van der Waals surface area contributed by atoms with E-state index in [0.717, 1.165) is 0 Å². The molecule has 3 aromatic rings. The van der Waals surface area contributed by atoms with Gasteiger partial charge in [0.2, 0.25) is 17.7 Å². The first-order chi connectivity index (χ1) is 15.9. The van der Waals surface area contributed by atoms with Gasteiger partial charge in [-0.1, -0.05) is 17.7 Å². The second-order valence-electron chi connectivity index (χ2n) is 6.67. The molecule has 0 saturated heterocycles. The zero-order valence-electron chi connectivity index (χ0n) is 18.0. The molecule has 0 spiro atoms. The van der Waals surface area contributed by atoms with Crippen LogP contribution in [-0.2, 0) is 4.79 Å². The molecule has 0 atom stereocenters. The number of anilines is 1. The first kappa shape index (κ1) is 23.6. The molecule has 170 valence electrons. The molecular formula is C24H22ClN3O5. The number of ether oxygens (including phenoxy) is 3. The number of hydrogen-bond acceptors (Lipinski definition) is 6. The van der Waals surface area contributed by atoms with Crippen molar-refractivity contribution in [3.63, 3.8) is 0 Å². The maximum absolute atomic E-state index is 12.3. The highest BCUT2D eigenvalue weighted by molar-refractivity contribution is 6.32. The molecule has 0 aliphatic heterocycles. The van der Waals surface area contributed by atoms with Gasteiger partial charge in [0, 0.05) is 17.7 Å². The van der Waals surface area contributed by atoms with Crippen LogP contribution >= 0.6 is 11.6 Å². The number of nitrogens with zero attached hydrogens (tertiary/aromatic N) is 1. The van der Waals surface area contributed by atoms with Crippen molar-refractivity contribution < 1.29 is 23.8 Å². The summed E-state index contributed by atoms with van der Waals surface area (Å²) in [7, 11) is 1.51. The lowest BCUT2D eigenvalue weighted by Crippen LogP contribution is -2.10. The van der Waals surface area contributed by atoms with Crippen molar-refractivity contribution in [1.29, 1.82) is 0 Å². The number of benzene rings is 2. The summed E-state index contributed by atoms with van der Waals surface area (Å²) in [6.07, 6.45) is 4.43. The van der Waals surface area contributed by atoms with Crippen LogP contribution in [-0.4, -0.2) is 30.5 Å². The van der Waals surface area contributed by atoms with Crippen LogP contribution in [0.25, 0.3) is 6.08 Å². The number of nitrogens with two attached hydrogens (primary N) is 1. The van der Waals surface area contributed by atoms with Gasteiger partial charge in [0.25, 0.3) is 0 Å². The van der Waals surface area contributed by atoms with Crippen LogP contribution in [0.3, 0.4) is 0 Å². The average molecular weight is 468 g/mol. The van der Waals surface area contributed by atoms with Crippen LogP contribution < -0.4 is 25.3 Å². The van der Waals surface area contributed by atoms with Crippen molar-refractivity contribution in [3.05, 3.63) is 77.0 Å². The Morgan fingerprint density at radius 2 is 2.00 bits per heavy atom. The smallest absolute Gasteiger partial charge is 0.248 e. The fourth-order valence-corrected chi connectivity index (χ4v) is 3.15. The normalized spacial score (nSPS) is 10.6. The lowest BCUT2D eigenvalue weighted by atomic mass is 10.2. The van der Waals surface area contributed by atoms with Crippen molar-refractivity contribution in [2.75, 3.05) is 19.0 Å². The fourth-order valence-electron chi connectivity index (χ4n) is 2.85. The molecule has 0 saturated carbocycles. The van der Waals surface area contributed by atoms with E-state index in [2.05, 4.69) is 10.3 Å². The molecule has 1 heterocycles. The van der Waals surface area contributed by atoms with Gasteiger partial charge < -0.3 is 25.3 Å². The quantitative estimate of drug-likeness (QED) is 0.441. The Balaban J connectivity index is 1.63. The molecule has 8 nitrogen and oxygen atoms in total. The average Bonchev–Trinajstić information content (AvgIpc) is 2.79. The van der Waals surface area contributed by atoms with Crippen LogP contribution in [0.4, 0.5) is 5.69 Å². The van der Waals surface area contributed by atoms with Crippen LogP contribution in [0.15, 0.2) is 60.8 Å². The zero-order valence-corrected chi connectivity index (χ0v) is 18.8. The summed E-state index contributed by atoms with van der Waals surface area (Å²) in [6, 6.07) is 13.1. The van der Waals surface area contributed by atoms with E-state index < -0.39 is 5.91 Å². The van der Waals surface area contributed by atoms with E-state index >= 15 is 0 Å². The molecule has 3 rings (SSSR count). The van der Waals surface area contributed by atoms with Gasteiger partial charge in [-0.25, -0.2) is 4.98 Å². The number of pyridine rings is 1. The second-order valence-corrected chi connectivity index (χ2v) is 7.08. The monoisotopic (exact) mass is 467 g/mol. The van der Waals surface area contributed by atoms with E-state index in [-0.39, 0.29) is 5.91 Å².